The molecular weight excluding hydrogens is 1410 g/mol. The van der Waals surface area contributed by atoms with Gasteiger partial charge >= 0.3 is 0 Å². The first-order valence-corrected chi connectivity index (χ1v) is 38.4. The Bertz CT molecular complexity index is 5590. The Morgan fingerprint density at radius 2 is 0.820 bits per heavy atom. The molecule has 24 nitrogen and oxygen atoms in total. The van der Waals surface area contributed by atoms with E-state index in [1.807, 2.05) is 154 Å². The Hall–Kier alpha value is -11.4. The Morgan fingerprint density at radius 1 is 0.450 bits per heavy atom. The predicted octanol–water partition coefficient (Wildman–Crippen LogP) is 15.9. The van der Waals surface area contributed by atoms with Crippen molar-refractivity contribution in [3.63, 3.8) is 0 Å². The standard InChI is InChI=1S/C23H24N4O2.C22H23F2N3O2.C21H24N4O2.C19H23N5O2/c1-14(15-4-6-18(28)11-15)29-23-19-13-27(3)25-21(19)12-20(24-23)16-5-7-22-17(10-16)8-9-26(22)2;1-13(15-6-9-17(28)10-15)29-21-18-12-27(3)26-20(18)11-19(25-21)14-4-7-16(8-5-14)22(2,23)24;1-4-16-7-5-15(11-22-16)19-10-20-18(12-25(3)24-20)21(23-19)27-13(2)14-6-8-17(26)9-14;1-4-24-10-14(9-20-24)17-8-18-16(11-23(3)22-18)19(21-17)26-12(2)13-5-6-15(25)7-13/h5,7-10,12-15H,4,6,11H2,1-3H3;4-5,7-8,11-13,15H,6,9-10H2,1-3H3;5,7,10-14H,4,6,8-9H2,1-3H3;8-13H,4-7H2,1-3H3/t14-,15+;13-,15+;13-,14+;12-,13+/m1111/s1. The van der Waals surface area contributed by atoms with E-state index in [1.54, 1.807) is 30.9 Å². The highest BCUT2D eigenvalue weighted by Gasteiger charge is 2.34. The van der Waals surface area contributed by atoms with Crippen molar-refractivity contribution in [3.05, 3.63) is 146 Å². The van der Waals surface area contributed by atoms with Crippen LogP contribution in [-0.2, 0) is 73.3 Å². The fourth-order valence-corrected chi connectivity index (χ4v) is 15.3. The van der Waals surface area contributed by atoms with Crippen molar-refractivity contribution < 1.29 is 46.9 Å². The minimum atomic E-state index is -2.89. The van der Waals surface area contributed by atoms with Gasteiger partial charge in [-0.3, -0.25) is 47.6 Å². The van der Waals surface area contributed by atoms with Gasteiger partial charge in [0.15, 0.2) is 0 Å². The van der Waals surface area contributed by atoms with E-state index in [0.717, 1.165) is 123 Å². The largest absolute Gasteiger partial charge is 0.474 e. The van der Waals surface area contributed by atoms with E-state index in [9.17, 15) is 28.0 Å². The number of Topliss-reactive ketones (excluding diaryl/α,β-unsaturated/α-hetero) is 4. The number of rotatable bonds is 19. The number of ketones is 4. The van der Waals surface area contributed by atoms with Gasteiger partial charge in [0, 0.05) is 212 Å². The number of aromatic nitrogens is 16. The molecule has 111 heavy (non-hydrogen) atoms. The van der Waals surface area contributed by atoms with Gasteiger partial charge in [0.05, 0.1) is 72.6 Å². The van der Waals surface area contributed by atoms with Crippen molar-refractivity contribution in [2.45, 2.75) is 169 Å². The average Bonchev–Trinajstić information content (AvgIpc) is 1.74. The molecule has 0 bridgehead atoms. The maximum absolute atomic E-state index is 13.5. The molecule has 26 heteroatoms. The molecule has 0 amide bonds. The number of alkyl halides is 2. The lowest BCUT2D eigenvalue weighted by atomic mass is 10.0. The van der Waals surface area contributed by atoms with Gasteiger partial charge in [0.25, 0.3) is 5.92 Å². The van der Waals surface area contributed by atoms with Crippen LogP contribution in [0.1, 0.15) is 137 Å². The molecule has 0 unspecified atom stereocenters. The van der Waals surface area contributed by atoms with E-state index in [-0.39, 0.29) is 59.4 Å². The first kappa shape index (κ1) is 76.3. The fraction of sp³-hybridized carbons (Fsp3) is 0.412. The number of hydrogen-bond acceptors (Lipinski definition) is 18. The zero-order valence-electron chi connectivity index (χ0n) is 64.9. The molecule has 4 aliphatic carbocycles. The SMILES string of the molecule is CCc1ccc(-c2cc3nn(C)cc3c(O[C@H](C)[C@H]3CCC(=O)C3)n2)cn1.CCn1cc(-c2cc3nn(C)cc3c(O[C@H](C)[C@H]3CCC(=O)C3)n2)cn1.C[C@@H](Oc1nc(-c2ccc(C(C)(F)F)cc2)cc2nn(C)cc12)[C@H]1CCC(=O)C1.C[C@@H](Oc1nc(-c2ccc3c(ccn3C)c2)cc2nn(C)cc12)[C@H]1CCC(=O)C1. The number of aryl methyl sites for hydroxylation is 7. The summed E-state index contributed by atoms with van der Waals surface area (Å²) in [7, 11) is 9.54. The van der Waals surface area contributed by atoms with Gasteiger partial charge in [-0.2, -0.15) is 25.5 Å². The van der Waals surface area contributed by atoms with Crippen LogP contribution in [0.2, 0.25) is 0 Å². The number of fused-ring (bicyclic) bond motifs is 5. The van der Waals surface area contributed by atoms with Gasteiger partial charge in [-0.1, -0.05) is 37.3 Å². The summed E-state index contributed by atoms with van der Waals surface area (Å²) in [5.41, 5.74) is 12.1. The summed E-state index contributed by atoms with van der Waals surface area (Å²) in [6.07, 6.45) is 24.2. The van der Waals surface area contributed by atoms with Crippen LogP contribution >= 0.6 is 0 Å². The maximum atomic E-state index is 13.5. The zero-order chi connectivity index (χ0) is 78.1. The van der Waals surface area contributed by atoms with Crippen LogP contribution < -0.4 is 18.9 Å². The molecule has 11 aromatic heterocycles. The molecule has 0 aliphatic heterocycles. The zero-order valence-corrected chi connectivity index (χ0v) is 64.9. The normalized spacial score (nSPS) is 18.3. The molecule has 13 aromatic rings. The Balaban J connectivity index is 0.000000123. The third kappa shape index (κ3) is 17.4. The number of carbonyl (C=O) groups is 4. The molecular formula is C85H94F2N16O8. The molecule has 0 saturated heterocycles. The first-order chi connectivity index (χ1) is 53.2. The first-order valence-electron chi connectivity index (χ1n) is 38.4. The summed E-state index contributed by atoms with van der Waals surface area (Å²) in [6.45, 7) is 13.9. The van der Waals surface area contributed by atoms with Crippen molar-refractivity contribution in [2.24, 2.45) is 58.9 Å². The number of pyridine rings is 5. The molecule has 17 rings (SSSR count). The molecule has 0 N–H and O–H groups in total. The van der Waals surface area contributed by atoms with Crippen molar-refractivity contribution in [2.75, 3.05) is 0 Å². The van der Waals surface area contributed by atoms with Gasteiger partial charge in [-0.15, -0.1) is 0 Å². The molecule has 4 aliphatic rings. The molecule has 8 atom stereocenters. The third-order valence-corrected chi connectivity index (χ3v) is 21.9. The van der Waals surface area contributed by atoms with Crippen LogP contribution in [-0.4, -0.2) is 126 Å². The maximum Gasteiger partial charge on any atom is 0.270 e. The molecule has 11 heterocycles. The quantitative estimate of drug-likeness (QED) is 0.0728. The predicted molar refractivity (Wildman–Crippen MR) is 420 cm³/mol. The lowest BCUT2D eigenvalue weighted by Crippen LogP contribution is -2.22. The average molecular weight is 1510 g/mol. The third-order valence-electron chi connectivity index (χ3n) is 21.9. The summed E-state index contributed by atoms with van der Waals surface area (Å²) < 4.78 is 63.0. The summed E-state index contributed by atoms with van der Waals surface area (Å²) in [6, 6.07) is 26.4. The number of nitrogens with zero attached hydrogens (tertiary/aromatic N) is 16. The van der Waals surface area contributed by atoms with Crippen LogP contribution in [0.3, 0.4) is 0 Å². The number of ether oxygens (including phenoxy) is 4. The molecule has 0 radical (unpaired) electrons. The number of benzene rings is 2. The lowest BCUT2D eigenvalue weighted by Gasteiger charge is -2.20. The van der Waals surface area contributed by atoms with E-state index in [0.29, 0.717) is 109 Å². The summed E-state index contributed by atoms with van der Waals surface area (Å²) in [4.78, 5) is 70.1. The monoisotopic (exact) mass is 1500 g/mol. The highest BCUT2D eigenvalue weighted by atomic mass is 19.3. The summed E-state index contributed by atoms with van der Waals surface area (Å²) in [5, 5.41) is 27.0. The smallest absolute Gasteiger partial charge is 0.270 e. The highest BCUT2D eigenvalue weighted by molar-refractivity contribution is 5.92. The fourth-order valence-electron chi connectivity index (χ4n) is 15.3. The minimum Gasteiger partial charge on any atom is -0.474 e. The van der Waals surface area contributed by atoms with Gasteiger partial charge in [0.1, 0.15) is 47.5 Å². The second kappa shape index (κ2) is 32.2. The van der Waals surface area contributed by atoms with Crippen LogP contribution in [0.25, 0.3) is 99.5 Å². The van der Waals surface area contributed by atoms with Crippen LogP contribution in [0.4, 0.5) is 8.78 Å². The van der Waals surface area contributed by atoms with E-state index < -0.39 is 5.92 Å². The van der Waals surface area contributed by atoms with E-state index in [1.165, 1.54) is 23.0 Å². The van der Waals surface area contributed by atoms with Crippen molar-refractivity contribution in [1.29, 1.82) is 0 Å². The minimum absolute atomic E-state index is 0.0452. The molecule has 4 saturated carbocycles. The number of carbonyl (C=O) groups excluding carboxylic acids is 4. The van der Waals surface area contributed by atoms with Gasteiger partial charge < -0.3 is 23.5 Å². The van der Waals surface area contributed by atoms with Gasteiger partial charge in [-0.05, 0) is 121 Å². The van der Waals surface area contributed by atoms with E-state index in [2.05, 4.69) is 77.4 Å². The van der Waals surface area contributed by atoms with E-state index in [4.69, 9.17) is 33.9 Å². The lowest BCUT2D eigenvalue weighted by molar-refractivity contribution is -0.118. The molecule has 0 spiro atoms. The molecule has 2 aromatic carbocycles. The van der Waals surface area contributed by atoms with E-state index >= 15 is 0 Å². The van der Waals surface area contributed by atoms with Crippen LogP contribution in [0, 0.1) is 23.7 Å². The van der Waals surface area contributed by atoms with Crippen molar-refractivity contribution in [3.8, 4) is 68.5 Å². The van der Waals surface area contributed by atoms with Gasteiger partial charge in [-0.25, -0.2) is 28.7 Å². The van der Waals surface area contributed by atoms with Crippen molar-refractivity contribution >= 4 is 77.6 Å². The Labute approximate surface area is 641 Å². The highest BCUT2D eigenvalue weighted by Crippen LogP contribution is 2.40. The van der Waals surface area contributed by atoms with Crippen LogP contribution in [0.5, 0.6) is 23.5 Å². The summed E-state index contributed by atoms with van der Waals surface area (Å²) >= 11 is 0. The Morgan fingerprint density at radius 3 is 1.16 bits per heavy atom. The van der Waals surface area contributed by atoms with Crippen molar-refractivity contribution in [1.82, 2.24) is 78.4 Å². The molecule has 576 valence electrons. The summed E-state index contributed by atoms with van der Waals surface area (Å²) in [5.74, 6) is 1.46. The Kier molecular flexibility index (Phi) is 22.2. The van der Waals surface area contributed by atoms with Gasteiger partial charge in [0.2, 0.25) is 23.5 Å². The number of hydrogen-bond donors (Lipinski definition) is 0. The number of halogens is 2. The second-order valence-corrected chi connectivity index (χ2v) is 30.3. The molecule has 4 fully saturated rings. The topological polar surface area (TPSA) is 264 Å². The van der Waals surface area contributed by atoms with Crippen LogP contribution in [0.15, 0.2) is 135 Å². The second-order valence-electron chi connectivity index (χ2n) is 30.3.